The maximum atomic E-state index is 12.7. The van der Waals surface area contributed by atoms with Crippen molar-refractivity contribution in [3.8, 4) is 0 Å². The van der Waals surface area contributed by atoms with E-state index in [1.807, 2.05) is 29.2 Å². The summed E-state index contributed by atoms with van der Waals surface area (Å²) < 4.78 is 0. The molecule has 2 aliphatic heterocycles. The van der Waals surface area contributed by atoms with Crippen molar-refractivity contribution in [2.24, 2.45) is 5.73 Å². The van der Waals surface area contributed by atoms with Crippen LogP contribution in [0.1, 0.15) is 35.2 Å². The molecule has 2 fully saturated rings. The van der Waals surface area contributed by atoms with E-state index in [1.165, 1.54) is 12.8 Å². The average molecular weight is 303 g/mol. The molecule has 4 nitrogen and oxygen atoms in total. The summed E-state index contributed by atoms with van der Waals surface area (Å²) >= 11 is 4.94. The molecule has 3 rings (SSSR count). The number of likely N-dealkylation sites (tertiary alicyclic amines) is 1. The molecule has 2 saturated heterocycles. The van der Waals surface area contributed by atoms with E-state index in [1.54, 1.807) is 0 Å². The molecule has 1 aromatic rings. The molecule has 2 bridgehead atoms. The number of nitrogens with two attached hydrogens (primary N) is 1. The molecular formula is C16H21N3OS. The molecule has 0 aliphatic carbocycles. The van der Waals surface area contributed by atoms with Gasteiger partial charge in [0.1, 0.15) is 4.99 Å². The molecule has 1 amide bonds. The summed E-state index contributed by atoms with van der Waals surface area (Å²) in [6.07, 6.45) is 3.54. The Kier molecular flexibility index (Phi) is 3.95. The highest BCUT2D eigenvalue weighted by Gasteiger charge is 2.36. The normalized spacial score (nSPS) is 25.7. The molecule has 0 saturated carbocycles. The summed E-state index contributed by atoms with van der Waals surface area (Å²) in [5.74, 6) is 0.116. The zero-order chi connectivity index (χ0) is 15.0. The van der Waals surface area contributed by atoms with Crippen molar-refractivity contribution in [1.29, 1.82) is 0 Å². The van der Waals surface area contributed by atoms with Crippen LogP contribution in [-0.4, -0.2) is 52.9 Å². The topological polar surface area (TPSA) is 49.6 Å². The fourth-order valence-electron chi connectivity index (χ4n) is 3.45. The second-order valence-corrected chi connectivity index (χ2v) is 6.47. The Morgan fingerprint density at radius 2 is 1.76 bits per heavy atom. The lowest BCUT2D eigenvalue weighted by Gasteiger charge is -2.26. The van der Waals surface area contributed by atoms with Crippen molar-refractivity contribution in [3.63, 3.8) is 0 Å². The molecule has 2 atom stereocenters. The van der Waals surface area contributed by atoms with E-state index in [4.69, 9.17) is 18.0 Å². The van der Waals surface area contributed by atoms with Crippen molar-refractivity contribution < 1.29 is 4.79 Å². The van der Waals surface area contributed by atoms with Crippen molar-refractivity contribution in [2.45, 2.75) is 31.3 Å². The van der Waals surface area contributed by atoms with E-state index in [0.717, 1.165) is 30.6 Å². The maximum Gasteiger partial charge on any atom is 0.253 e. The van der Waals surface area contributed by atoms with Gasteiger partial charge in [0.25, 0.3) is 5.91 Å². The van der Waals surface area contributed by atoms with Crippen molar-refractivity contribution >= 4 is 23.1 Å². The Morgan fingerprint density at radius 3 is 2.43 bits per heavy atom. The molecule has 2 heterocycles. The zero-order valence-corrected chi connectivity index (χ0v) is 13.1. The number of carbonyl (C=O) groups is 1. The number of rotatable bonds is 2. The molecule has 0 aromatic heterocycles. The van der Waals surface area contributed by atoms with E-state index in [0.29, 0.717) is 17.1 Å². The van der Waals surface area contributed by atoms with Gasteiger partial charge in [-0.2, -0.15) is 0 Å². The van der Waals surface area contributed by atoms with Crippen LogP contribution in [0.3, 0.4) is 0 Å². The van der Waals surface area contributed by atoms with Crippen LogP contribution in [0, 0.1) is 0 Å². The molecular weight excluding hydrogens is 282 g/mol. The molecule has 0 radical (unpaired) electrons. The third-order valence-corrected chi connectivity index (χ3v) is 5.09. The summed E-state index contributed by atoms with van der Waals surface area (Å²) in [4.78, 5) is 17.5. The van der Waals surface area contributed by atoms with E-state index < -0.39 is 0 Å². The smallest absolute Gasteiger partial charge is 0.253 e. The second kappa shape index (κ2) is 5.73. The Balaban J connectivity index is 1.74. The summed E-state index contributed by atoms with van der Waals surface area (Å²) in [5.41, 5.74) is 7.11. The van der Waals surface area contributed by atoms with Crippen molar-refractivity contribution in [1.82, 2.24) is 9.80 Å². The lowest BCUT2D eigenvalue weighted by atomic mass is 10.1. The minimum Gasteiger partial charge on any atom is -0.389 e. The first kappa shape index (κ1) is 14.5. The third kappa shape index (κ3) is 2.80. The van der Waals surface area contributed by atoms with Gasteiger partial charge in [0.15, 0.2) is 0 Å². The van der Waals surface area contributed by atoms with Gasteiger partial charge in [0.2, 0.25) is 0 Å². The number of hydrogen-bond acceptors (Lipinski definition) is 3. The number of carbonyl (C=O) groups excluding carboxylic acids is 1. The van der Waals surface area contributed by atoms with Crippen LogP contribution >= 0.6 is 12.2 Å². The van der Waals surface area contributed by atoms with Crippen LogP contribution in [0.5, 0.6) is 0 Å². The molecule has 112 valence electrons. The SMILES string of the molecule is CN1C2CCC1CN(C(=O)c1ccc(C(N)=S)cc1)CC2. The summed E-state index contributed by atoms with van der Waals surface area (Å²) in [6.45, 7) is 1.68. The molecule has 5 heteroatoms. The predicted octanol–water partition coefficient (Wildman–Crippen LogP) is 1.63. The van der Waals surface area contributed by atoms with Gasteiger partial charge >= 0.3 is 0 Å². The first-order chi connectivity index (χ1) is 10.1. The first-order valence-electron chi connectivity index (χ1n) is 7.47. The van der Waals surface area contributed by atoms with Gasteiger partial charge in [-0.1, -0.05) is 24.4 Å². The van der Waals surface area contributed by atoms with Crippen molar-refractivity contribution in [3.05, 3.63) is 35.4 Å². The molecule has 2 N–H and O–H groups in total. The van der Waals surface area contributed by atoms with Gasteiger partial charge < -0.3 is 10.6 Å². The average Bonchev–Trinajstić information content (AvgIpc) is 2.71. The minimum atomic E-state index is 0.116. The van der Waals surface area contributed by atoms with Crippen LogP contribution in [0.15, 0.2) is 24.3 Å². The summed E-state index contributed by atoms with van der Waals surface area (Å²) in [7, 11) is 2.19. The van der Waals surface area contributed by atoms with Gasteiger partial charge in [-0.3, -0.25) is 9.69 Å². The van der Waals surface area contributed by atoms with Crippen molar-refractivity contribution in [2.75, 3.05) is 20.1 Å². The van der Waals surface area contributed by atoms with Gasteiger partial charge in [0, 0.05) is 36.3 Å². The van der Waals surface area contributed by atoms with E-state index in [9.17, 15) is 4.79 Å². The summed E-state index contributed by atoms with van der Waals surface area (Å²) in [5, 5.41) is 0. The highest BCUT2D eigenvalue weighted by molar-refractivity contribution is 7.80. The number of thiocarbonyl (C=S) groups is 1. The van der Waals surface area contributed by atoms with Crippen LogP contribution in [0.25, 0.3) is 0 Å². The van der Waals surface area contributed by atoms with Crippen LogP contribution in [-0.2, 0) is 0 Å². The van der Waals surface area contributed by atoms with E-state index in [2.05, 4.69) is 11.9 Å². The molecule has 21 heavy (non-hydrogen) atoms. The summed E-state index contributed by atoms with van der Waals surface area (Å²) in [6, 6.07) is 8.45. The molecule has 2 unspecified atom stereocenters. The minimum absolute atomic E-state index is 0.116. The van der Waals surface area contributed by atoms with Gasteiger partial charge in [0.05, 0.1) is 0 Å². The maximum absolute atomic E-state index is 12.7. The zero-order valence-electron chi connectivity index (χ0n) is 12.3. The first-order valence-corrected chi connectivity index (χ1v) is 7.88. The number of nitrogens with zero attached hydrogens (tertiary/aromatic N) is 2. The Labute approximate surface area is 130 Å². The molecule has 0 spiro atoms. The third-order valence-electron chi connectivity index (χ3n) is 4.85. The highest BCUT2D eigenvalue weighted by Crippen LogP contribution is 2.29. The Morgan fingerprint density at radius 1 is 1.14 bits per heavy atom. The Bertz CT molecular complexity index is 557. The molecule has 1 aromatic carbocycles. The number of amides is 1. The number of fused-ring (bicyclic) bond motifs is 2. The lowest BCUT2D eigenvalue weighted by Crippen LogP contribution is -2.39. The Hall–Kier alpha value is -1.46. The fourth-order valence-corrected chi connectivity index (χ4v) is 3.59. The van der Waals surface area contributed by atoms with Crippen LogP contribution < -0.4 is 5.73 Å². The largest absolute Gasteiger partial charge is 0.389 e. The predicted molar refractivity (Wildman–Crippen MR) is 87.4 cm³/mol. The second-order valence-electron chi connectivity index (χ2n) is 6.03. The van der Waals surface area contributed by atoms with Crippen LogP contribution in [0.2, 0.25) is 0 Å². The highest BCUT2D eigenvalue weighted by atomic mass is 32.1. The fraction of sp³-hybridized carbons (Fsp3) is 0.500. The monoisotopic (exact) mass is 303 g/mol. The van der Waals surface area contributed by atoms with Gasteiger partial charge in [-0.25, -0.2) is 0 Å². The quantitative estimate of drug-likeness (QED) is 0.844. The number of likely N-dealkylation sites (N-methyl/N-ethyl adjacent to an activating group) is 1. The number of benzene rings is 1. The number of hydrogen-bond donors (Lipinski definition) is 1. The van der Waals surface area contributed by atoms with Gasteiger partial charge in [-0.05, 0) is 38.4 Å². The standard InChI is InChI=1S/C16H21N3OS/c1-18-13-6-7-14(18)10-19(9-8-13)16(20)12-4-2-11(3-5-12)15(17)21/h2-5,13-14H,6-10H2,1H3,(H2,17,21). The molecule has 2 aliphatic rings. The van der Waals surface area contributed by atoms with Gasteiger partial charge in [-0.15, -0.1) is 0 Å². The van der Waals surface area contributed by atoms with E-state index in [-0.39, 0.29) is 5.91 Å². The van der Waals surface area contributed by atoms with Crippen LogP contribution in [0.4, 0.5) is 0 Å². The van der Waals surface area contributed by atoms with E-state index >= 15 is 0 Å². The lowest BCUT2D eigenvalue weighted by molar-refractivity contribution is 0.0740.